The van der Waals surface area contributed by atoms with Crippen LogP contribution >= 0.6 is 0 Å². The molecular formula is C23H44BN. The van der Waals surface area contributed by atoms with E-state index in [0.29, 0.717) is 11.3 Å². The Bertz CT molecular complexity index is 418. The third kappa shape index (κ3) is 9.53. The van der Waals surface area contributed by atoms with Gasteiger partial charge >= 0.3 is 0 Å². The minimum atomic E-state index is 0.167. The van der Waals surface area contributed by atoms with Crippen LogP contribution in [0.25, 0.3) is 0 Å². The molecule has 2 rings (SSSR count). The molecule has 0 aromatic carbocycles. The summed E-state index contributed by atoms with van der Waals surface area (Å²) < 4.78 is 0. The van der Waals surface area contributed by atoms with Gasteiger partial charge in [0, 0.05) is 5.97 Å². The van der Waals surface area contributed by atoms with E-state index in [2.05, 4.69) is 54.1 Å². The van der Waals surface area contributed by atoms with E-state index >= 15 is 0 Å². The molecule has 1 unspecified atom stereocenters. The topological polar surface area (TPSA) is 23.8 Å². The number of nitriles is 1. The van der Waals surface area contributed by atoms with Gasteiger partial charge in [-0.25, -0.2) is 5.26 Å². The number of hydrogen-bond acceptors (Lipinski definition) is 1. The third-order valence-electron chi connectivity index (χ3n) is 5.62. The molecule has 2 aliphatic rings. The summed E-state index contributed by atoms with van der Waals surface area (Å²) in [6.45, 7) is 22.0. The summed E-state index contributed by atoms with van der Waals surface area (Å²) in [7, 11) is 0. The normalized spacial score (nSPS) is 22.8. The Kier molecular flexibility index (Phi) is 10.8. The lowest BCUT2D eigenvalue weighted by molar-refractivity contribution is 0.385. The molecule has 0 spiro atoms. The fourth-order valence-corrected chi connectivity index (χ4v) is 4.13. The monoisotopic (exact) mass is 345 g/mol. The molecule has 2 fully saturated rings. The van der Waals surface area contributed by atoms with Crippen LogP contribution in [0.4, 0.5) is 0 Å². The van der Waals surface area contributed by atoms with Crippen molar-refractivity contribution in [1.29, 1.82) is 5.26 Å². The second-order valence-electron chi connectivity index (χ2n) is 9.95. The van der Waals surface area contributed by atoms with Crippen LogP contribution in [0.3, 0.4) is 0 Å². The highest BCUT2D eigenvalue weighted by Crippen LogP contribution is 2.50. The number of hydrogen-bond donors (Lipinski definition) is 0. The number of allylic oxidation sites excluding steroid dienone is 1. The van der Waals surface area contributed by atoms with Crippen molar-refractivity contribution in [3.63, 3.8) is 0 Å². The van der Waals surface area contributed by atoms with E-state index in [9.17, 15) is 0 Å². The Morgan fingerprint density at radius 1 is 1.16 bits per heavy atom. The van der Waals surface area contributed by atoms with Gasteiger partial charge in [0.2, 0.25) is 0 Å². The van der Waals surface area contributed by atoms with Crippen molar-refractivity contribution in [2.24, 2.45) is 17.3 Å². The lowest BCUT2D eigenvalue weighted by atomic mass is 9.37. The molecule has 0 aromatic rings. The zero-order valence-corrected chi connectivity index (χ0v) is 18.5. The molecule has 25 heavy (non-hydrogen) atoms. The van der Waals surface area contributed by atoms with Crippen LogP contribution in [0.2, 0.25) is 11.6 Å². The van der Waals surface area contributed by atoms with Crippen LogP contribution < -0.4 is 0 Å². The standard InChI is InChI=1S/C14H24BN.C7H14.C2H6/c1-11(7-13(2,3)4)12-8-14(5,6)15(9-12)10-16;1-7-5-3-2-4-6-7;1-2/h12H,1,7-9H2,2-6H3;7H,2-6H2,1H3;1-2H3. The first kappa shape index (κ1) is 24.3. The van der Waals surface area contributed by atoms with Crippen molar-refractivity contribution >= 4 is 6.71 Å². The molecule has 1 saturated carbocycles. The highest BCUT2D eigenvalue weighted by molar-refractivity contribution is 6.70. The number of nitrogens with zero attached hydrogens (tertiary/aromatic N) is 1. The van der Waals surface area contributed by atoms with Gasteiger partial charge in [0.05, 0.1) is 0 Å². The van der Waals surface area contributed by atoms with E-state index in [4.69, 9.17) is 5.26 Å². The fourth-order valence-electron chi connectivity index (χ4n) is 4.13. The number of rotatable bonds is 2. The molecule has 0 radical (unpaired) electrons. The molecule has 0 aromatic heterocycles. The van der Waals surface area contributed by atoms with Gasteiger partial charge in [-0.3, -0.25) is 0 Å². The predicted octanol–water partition coefficient (Wildman–Crippen LogP) is 7.95. The SMILES string of the molecule is C=C(CC(C)(C)C)C1CB(C#N)C(C)(C)C1.CC.CC1CCCCC1. The maximum absolute atomic E-state index is 9.15. The summed E-state index contributed by atoms with van der Waals surface area (Å²) in [6, 6.07) is 0. The van der Waals surface area contributed by atoms with Gasteiger partial charge in [-0.15, -0.1) is 0 Å². The molecule has 1 saturated heterocycles. The highest BCUT2D eigenvalue weighted by atomic mass is 14.3. The van der Waals surface area contributed by atoms with Crippen LogP contribution in [0.15, 0.2) is 12.2 Å². The van der Waals surface area contributed by atoms with Crippen molar-refractivity contribution in [2.45, 2.75) is 112 Å². The Morgan fingerprint density at radius 3 is 2.00 bits per heavy atom. The van der Waals surface area contributed by atoms with E-state index in [1.165, 1.54) is 37.7 Å². The van der Waals surface area contributed by atoms with Crippen molar-refractivity contribution < 1.29 is 0 Å². The Morgan fingerprint density at radius 2 is 1.68 bits per heavy atom. The molecule has 144 valence electrons. The Labute approximate surface area is 159 Å². The predicted molar refractivity (Wildman–Crippen MR) is 115 cm³/mol. The van der Waals surface area contributed by atoms with E-state index in [-0.39, 0.29) is 12.0 Å². The van der Waals surface area contributed by atoms with Gasteiger partial charge in [0.15, 0.2) is 0 Å². The van der Waals surface area contributed by atoms with E-state index in [0.717, 1.165) is 25.1 Å². The molecule has 0 N–H and O–H groups in total. The minimum absolute atomic E-state index is 0.167. The molecule has 0 bridgehead atoms. The summed E-state index contributed by atoms with van der Waals surface area (Å²) in [5.41, 5.74) is 1.66. The highest BCUT2D eigenvalue weighted by Gasteiger charge is 2.44. The second-order valence-corrected chi connectivity index (χ2v) is 9.95. The van der Waals surface area contributed by atoms with Crippen molar-refractivity contribution in [1.82, 2.24) is 0 Å². The van der Waals surface area contributed by atoms with Gasteiger partial charge < -0.3 is 0 Å². The van der Waals surface area contributed by atoms with Crippen LogP contribution in [-0.2, 0) is 0 Å². The summed E-state index contributed by atoms with van der Waals surface area (Å²) in [6.07, 6.45) is 10.6. The molecule has 1 aliphatic heterocycles. The fraction of sp³-hybridized carbons (Fsp3) is 0.870. The molecular weight excluding hydrogens is 301 g/mol. The molecule has 0 amide bonds. The summed E-state index contributed by atoms with van der Waals surface area (Å²) in [5, 5.41) is 9.32. The van der Waals surface area contributed by atoms with Crippen LogP contribution in [0, 0.1) is 28.5 Å². The maximum atomic E-state index is 9.15. The van der Waals surface area contributed by atoms with Gasteiger partial charge in [-0.1, -0.05) is 106 Å². The average Bonchev–Trinajstić information content (AvgIpc) is 2.84. The van der Waals surface area contributed by atoms with E-state index in [1.54, 1.807) is 0 Å². The molecule has 1 heterocycles. The first-order valence-electron chi connectivity index (χ1n) is 10.6. The quantitative estimate of drug-likeness (QED) is 0.368. The summed E-state index contributed by atoms with van der Waals surface area (Å²) in [4.78, 5) is 0. The molecule has 1 atom stereocenters. The second kappa shape index (κ2) is 11.1. The lowest BCUT2D eigenvalue weighted by Gasteiger charge is -2.24. The maximum Gasteiger partial charge on any atom is 0.274 e. The minimum Gasteiger partial charge on any atom is -0.213 e. The van der Waals surface area contributed by atoms with Gasteiger partial charge in [0.1, 0.15) is 0 Å². The van der Waals surface area contributed by atoms with Gasteiger partial charge in [0.25, 0.3) is 6.71 Å². The van der Waals surface area contributed by atoms with Crippen molar-refractivity contribution in [3.8, 4) is 5.97 Å². The van der Waals surface area contributed by atoms with Crippen LogP contribution in [0.5, 0.6) is 0 Å². The largest absolute Gasteiger partial charge is 0.274 e. The first-order chi connectivity index (χ1) is 11.5. The van der Waals surface area contributed by atoms with Gasteiger partial charge in [-0.2, -0.15) is 0 Å². The first-order valence-corrected chi connectivity index (χ1v) is 10.6. The van der Waals surface area contributed by atoms with Crippen LogP contribution in [0.1, 0.15) is 100 Å². The molecule has 1 aliphatic carbocycles. The van der Waals surface area contributed by atoms with Crippen molar-refractivity contribution in [2.75, 3.05) is 0 Å². The zero-order valence-electron chi connectivity index (χ0n) is 18.5. The van der Waals surface area contributed by atoms with E-state index in [1.807, 2.05) is 13.8 Å². The molecule has 2 heteroatoms. The summed E-state index contributed by atoms with van der Waals surface area (Å²) in [5.74, 6) is 4.05. The van der Waals surface area contributed by atoms with E-state index < -0.39 is 0 Å². The Balaban J connectivity index is 0.000000530. The van der Waals surface area contributed by atoms with Gasteiger partial charge in [-0.05, 0) is 35.4 Å². The lowest BCUT2D eigenvalue weighted by Crippen LogP contribution is -2.19. The smallest absolute Gasteiger partial charge is 0.213 e. The zero-order chi connectivity index (χ0) is 19.7. The van der Waals surface area contributed by atoms with Crippen molar-refractivity contribution in [3.05, 3.63) is 12.2 Å². The molecule has 1 nitrogen and oxygen atoms in total. The summed E-state index contributed by atoms with van der Waals surface area (Å²) >= 11 is 0. The average molecular weight is 345 g/mol. The third-order valence-corrected chi connectivity index (χ3v) is 5.62. The Hall–Kier alpha value is -0.705. The van der Waals surface area contributed by atoms with Crippen LogP contribution in [-0.4, -0.2) is 6.71 Å².